The van der Waals surface area contributed by atoms with Gasteiger partial charge in [-0.25, -0.2) is 0 Å². The van der Waals surface area contributed by atoms with Crippen LogP contribution in [0.2, 0.25) is 0 Å². The van der Waals surface area contributed by atoms with Crippen LogP contribution in [0.5, 0.6) is 6.01 Å². The van der Waals surface area contributed by atoms with E-state index >= 15 is 0 Å². The van der Waals surface area contributed by atoms with Crippen LogP contribution in [0.1, 0.15) is 81.1 Å². The first-order chi connectivity index (χ1) is 14.0. The van der Waals surface area contributed by atoms with Crippen LogP contribution in [0.3, 0.4) is 0 Å². The summed E-state index contributed by atoms with van der Waals surface area (Å²) in [7, 11) is 2.18. The minimum absolute atomic E-state index is 0.0265. The maximum absolute atomic E-state index is 8.47. The Kier molecular flexibility index (Phi) is 6.23. The van der Waals surface area contributed by atoms with Crippen molar-refractivity contribution in [3.63, 3.8) is 0 Å². The molecule has 3 rings (SSSR count). The van der Waals surface area contributed by atoms with E-state index in [1.165, 1.54) is 0 Å². The Bertz CT molecular complexity index is 765. The van der Waals surface area contributed by atoms with Gasteiger partial charge in [-0.15, -0.1) is 0 Å². The van der Waals surface area contributed by atoms with E-state index in [0.717, 1.165) is 25.7 Å². The SMILES string of the molecule is CN1C(C)(C)CC(Oc2nc(=S)nc(NC3CC(C)(C)N([OH2+])C(C)(C)C3)[nH]2)CC1(C)C. The molecule has 2 aliphatic rings. The smallest absolute Gasteiger partial charge is 0.299 e. The van der Waals surface area contributed by atoms with E-state index in [1.807, 2.05) is 0 Å². The minimum atomic E-state index is -0.242. The summed E-state index contributed by atoms with van der Waals surface area (Å²) in [5.74, 6) is 0.580. The minimum Gasteiger partial charge on any atom is -0.461 e. The largest absolute Gasteiger partial charge is 0.461 e. The summed E-state index contributed by atoms with van der Waals surface area (Å²) in [6.45, 7) is 17.4. The molecule has 0 aromatic carbocycles. The fraction of sp³-hybridized carbons (Fsp3) is 0.864. The topological polar surface area (TPSA) is 92.2 Å². The molecule has 2 saturated heterocycles. The lowest BCUT2D eigenvalue weighted by atomic mass is 9.79. The van der Waals surface area contributed by atoms with Gasteiger partial charge in [-0.1, -0.05) is 5.06 Å². The predicted molar refractivity (Wildman–Crippen MR) is 127 cm³/mol. The third kappa shape index (κ3) is 5.21. The van der Waals surface area contributed by atoms with Gasteiger partial charge in [0.25, 0.3) is 6.01 Å². The molecule has 0 bridgehead atoms. The van der Waals surface area contributed by atoms with Gasteiger partial charge in [0.15, 0.2) is 0 Å². The molecule has 0 amide bonds. The van der Waals surface area contributed by atoms with Crippen LogP contribution in [-0.2, 0) is 0 Å². The van der Waals surface area contributed by atoms with Crippen molar-refractivity contribution in [1.82, 2.24) is 24.9 Å². The van der Waals surface area contributed by atoms with Gasteiger partial charge in [0, 0.05) is 30.0 Å². The molecule has 9 heteroatoms. The number of anilines is 1. The summed E-state index contributed by atoms with van der Waals surface area (Å²) in [6, 6.07) is 0.585. The van der Waals surface area contributed by atoms with Crippen molar-refractivity contribution < 1.29 is 9.94 Å². The number of H-pyrrole nitrogens is 1. The zero-order valence-electron chi connectivity index (χ0n) is 20.6. The van der Waals surface area contributed by atoms with Crippen LogP contribution in [0.4, 0.5) is 5.95 Å². The highest BCUT2D eigenvalue weighted by Gasteiger charge is 2.49. The zero-order chi connectivity index (χ0) is 23.4. The van der Waals surface area contributed by atoms with Crippen LogP contribution in [-0.4, -0.2) is 71.5 Å². The second-order valence-electron chi connectivity index (χ2n) is 11.8. The molecule has 4 N–H and O–H groups in total. The Morgan fingerprint density at radius 3 is 1.97 bits per heavy atom. The maximum Gasteiger partial charge on any atom is 0.299 e. The van der Waals surface area contributed by atoms with Crippen molar-refractivity contribution in [3.05, 3.63) is 4.77 Å². The number of hydroxylamine groups is 2. The lowest BCUT2D eigenvalue weighted by Crippen LogP contribution is -2.61. The molecule has 1 aromatic heterocycles. The lowest BCUT2D eigenvalue weighted by molar-refractivity contribution is -0.243. The Morgan fingerprint density at radius 1 is 0.935 bits per heavy atom. The second kappa shape index (κ2) is 7.93. The molecule has 31 heavy (non-hydrogen) atoms. The molecule has 1 aromatic rings. The number of likely N-dealkylation sites (tertiary alicyclic amines) is 1. The van der Waals surface area contributed by atoms with Crippen LogP contribution in [0.15, 0.2) is 0 Å². The number of nitrogens with zero attached hydrogens (tertiary/aromatic N) is 4. The summed E-state index contributed by atoms with van der Waals surface area (Å²) < 4.78 is 6.57. The molecule has 0 radical (unpaired) electrons. The molecule has 2 fully saturated rings. The molecular formula is C22H41N6O2S+. The maximum atomic E-state index is 8.47. The van der Waals surface area contributed by atoms with Gasteiger partial charge >= 0.3 is 0 Å². The fourth-order valence-corrected chi connectivity index (χ4v) is 5.76. The number of aromatic nitrogens is 3. The summed E-state index contributed by atoms with van der Waals surface area (Å²) in [5, 5.41) is 13.7. The number of piperidine rings is 2. The van der Waals surface area contributed by atoms with Gasteiger partial charge in [0.2, 0.25) is 10.7 Å². The summed E-state index contributed by atoms with van der Waals surface area (Å²) in [6.07, 6.45) is 3.52. The highest BCUT2D eigenvalue weighted by Crippen LogP contribution is 2.39. The summed E-state index contributed by atoms with van der Waals surface area (Å²) in [4.78, 5) is 14.4. The van der Waals surface area contributed by atoms with Crippen molar-refractivity contribution >= 4 is 18.2 Å². The van der Waals surface area contributed by atoms with E-state index in [4.69, 9.17) is 22.2 Å². The Labute approximate surface area is 191 Å². The number of hydrogen-bond donors (Lipinski definition) is 2. The van der Waals surface area contributed by atoms with Crippen molar-refractivity contribution in [1.29, 1.82) is 0 Å². The molecule has 8 nitrogen and oxygen atoms in total. The van der Waals surface area contributed by atoms with E-state index in [-0.39, 0.29) is 39.1 Å². The summed E-state index contributed by atoms with van der Waals surface area (Å²) in [5.41, 5.74) is -0.431. The molecule has 3 heterocycles. The van der Waals surface area contributed by atoms with Crippen molar-refractivity contribution in [2.45, 2.75) is 115 Å². The van der Waals surface area contributed by atoms with Gasteiger partial charge in [-0.2, -0.15) is 9.97 Å². The van der Waals surface area contributed by atoms with Gasteiger partial charge < -0.3 is 15.3 Å². The second-order valence-corrected chi connectivity index (χ2v) is 12.2. The molecule has 0 atom stereocenters. The number of aromatic amines is 1. The third-order valence-electron chi connectivity index (χ3n) is 7.22. The molecule has 176 valence electrons. The summed E-state index contributed by atoms with van der Waals surface area (Å²) >= 11 is 5.33. The zero-order valence-corrected chi connectivity index (χ0v) is 21.4. The predicted octanol–water partition coefficient (Wildman–Crippen LogP) is 3.64. The lowest BCUT2D eigenvalue weighted by Gasteiger charge is -2.53. The molecule has 0 unspecified atom stereocenters. The average molecular weight is 454 g/mol. The quantitative estimate of drug-likeness (QED) is 0.531. The van der Waals surface area contributed by atoms with Crippen molar-refractivity contribution in [3.8, 4) is 6.01 Å². The third-order valence-corrected chi connectivity index (χ3v) is 7.40. The highest BCUT2D eigenvalue weighted by molar-refractivity contribution is 7.71. The monoisotopic (exact) mass is 453 g/mol. The first-order valence-corrected chi connectivity index (χ1v) is 11.6. The fourth-order valence-electron chi connectivity index (χ4n) is 5.59. The number of rotatable bonds is 4. The van der Waals surface area contributed by atoms with Gasteiger partial charge in [0.05, 0.1) is 11.1 Å². The normalized spacial score (nSPS) is 26.5. The van der Waals surface area contributed by atoms with Gasteiger partial charge in [-0.05, 0) is 87.5 Å². The molecule has 0 spiro atoms. The van der Waals surface area contributed by atoms with Crippen LogP contribution >= 0.6 is 12.2 Å². The number of hydrogen-bond acceptors (Lipinski definition) is 7. The van der Waals surface area contributed by atoms with Gasteiger partial charge in [-0.3, -0.25) is 9.88 Å². The molecule has 2 aliphatic heterocycles. The van der Waals surface area contributed by atoms with E-state index in [0.29, 0.717) is 12.0 Å². The van der Waals surface area contributed by atoms with E-state index < -0.39 is 0 Å². The van der Waals surface area contributed by atoms with Crippen LogP contribution in [0, 0.1) is 4.77 Å². The Hall–Kier alpha value is -1.29. The van der Waals surface area contributed by atoms with E-state index in [2.05, 4.69) is 87.6 Å². The number of nitrogens with one attached hydrogen (secondary N) is 2. The first-order valence-electron chi connectivity index (χ1n) is 11.2. The average Bonchev–Trinajstić information content (AvgIpc) is 2.56. The highest BCUT2D eigenvalue weighted by atomic mass is 32.1. The first kappa shape index (κ1) is 24.4. The van der Waals surface area contributed by atoms with Crippen LogP contribution in [0.25, 0.3) is 0 Å². The van der Waals surface area contributed by atoms with Crippen molar-refractivity contribution in [2.75, 3.05) is 12.4 Å². The standard InChI is InChI=1S/C22H40N6O2S/c1-19(2)12-15(13-20(3,4)27(19)9)30-17-24-16(25-18(31)26-17)23-14-10-21(5,6)28(29)22(7,8)11-14/h14-15,29H,10-13H2,1-9H3,(H2,23,24,25,26,31)/p+1. The molecule has 0 saturated carbocycles. The van der Waals surface area contributed by atoms with Crippen molar-refractivity contribution in [2.24, 2.45) is 0 Å². The van der Waals surface area contributed by atoms with E-state index in [9.17, 15) is 0 Å². The van der Waals surface area contributed by atoms with Crippen LogP contribution < -0.4 is 10.1 Å². The Balaban J connectivity index is 1.76. The Morgan fingerprint density at radius 2 is 1.45 bits per heavy atom. The number of ether oxygens (including phenoxy) is 1. The van der Waals surface area contributed by atoms with Gasteiger partial charge in [0.1, 0.15) is 6.10 Å². The van der Waals surface area contributed by atoms with E-state index in [1.54, 1.807) is 5.06 Å². The molecular weight excluding hydrogens is 412 g/mol. The molecule has 0 aliphatic carbocycles.